The Labute approximate surface area is 112 Å². The van der Waals surface area contributed by atoms with Crippen LogP contribution in [0.15, 0.2) is 0 Å². The summed E-state index contributed by atoms with van der Waals surface area (Å²) in [6.45, 7) is 10.3. The molecule has 4 heteroatoms. The van der Waals surface area contributed by atoms with Crippen LogP contribution in [-0.4, -0.2) is 35.2 Å². The minimum atomic E-state index is -0.235. The van der Waals surface area contributed by atoms with Crippen LogP contribution in [0.25, 0.3) is 0 Å². The fourth-order valence-electron chi connectivity index (χ4n) is 2.06. The first kappa shape index (κ1) is 17.4. The maximum absolute atomic E-state index is 12.0. The summed E-state index contributed by atoms with van der Waals surface area (Å²) in [5, 5.41) is 15.4. The largest absolute Gasteiger partial charge is 0.396 e. The Morgan fingerprint density at radius 1 is 1.33 bits per heavy atom. The molecule has 0 saturated heterocycles. The fraction of sp³-hybridized carbons (Fsp3) is 0.929. The number of hydrogen-bond donors (Lipinski definition) is 3. The van der Waals surface area contributed by atoms with Crippen molar-refractivity contribution in [1.29, 1.82) is 0 Å². The van der Waals surface area contributed by atoms with Gasteiger partial charge < -0.3 is 15.7 Å². The van der Waals surface area contributed by atoms with Crippen LogP contribution in [0.5, 0.6) is 0 Å². The van der Waals surface area contributed by atoms with E-state index in [4.69, 9.17) is 5.11 Å². The molecule has 108 valence electrons. The van der Waals surface area contributed by atoms with E-state index in [0.717, 1.165) is 19.3 Å². The van der Waals surface area contributed by atoms with Gasteiger partial charge in [-0.25, -0.2) is 0 Å². The monoisotopic (exact) mass is 258 g/mol. The van der Waals surface area contributed by atoms with E-state index >= 15 is 0 Å². The Morgan fingerprint density at radius 3 is 2.39 bits per heavy atom. The van der Waals surface area contributed by atoms with E-state index in [0.29, 0.717) is 6.42 Å². The average Bonchev–Trinajstić information content (AvgIpc) is 2.29. The lowest BCUT2D eigenvalue weighted by Crippen LogP contribution is -2.54. The van der Waals surface area contributed by atoms with Crippen LogP contribution in [0.1, 0.15) is 60.3 Å². The molecule has 0 rings (SSSR count). The SMILES string of the molecule is CCCC(C)NC(=O)C(C)NC(C)(CC)CCO. The zero-order valence-electron chi connectivity index (χ0n) is 12.5. The molecule has 0 aromatic rings. The highest BCUT2D eigenvalue weighted by Gasteiger charge is 2.26. The lowest BCUT2D eigenvalue weighted by Gasteiger charge is -2.32. The van der Waals surface area contributed by atoms with E-state index in [9.17, 15) is 4.79 Å². The van der Waals surface area contributed by atoms with Crippen LogP contribution in [0.2, 0.25) is 0 Å². The first-order valence-corrected chi connectivity index (χ1v) is 7.07. The molecule has 0 saturated carbocycles. The molecule has 3 N–H and O–H groups in total. The number of nitrogens with one attached hydrogen (secondary N) is 2. The van der Waals surface area contributed by atoms with Crippen molar-refractivity contribution in [3.05, 3.63) is 0 Å². The van der Waals surface area contributed by atoms with Gasteiger partial charge in [0, 0.05) is 18.2 Å². The number of hydrogen-bond acceptors (Lipinski definition) is 3. The zero-order chi connectivity index (χ0) is 14.2. The molecule has 0 aromatic heterocycles. The Morgan fingerprint density at radius 2 is 1.94 bits per heavy atom. The molecule has 0 heterocycles. The summed E-state index contributed by atoms with van der Waals surface area (Å²) >= 11 is 0. The van der Waals surface area contributed by atoms with Gasteiger partial charge in [-0.05, 0) is 40.0 Å². The van der Waals surface area contributed by atoms with E-state index in [1.54, 1.807) is 0 Å². The second-order valence-corrected chi connectivity index (χ2v) is 5.45. The van der Waals surface area contributed by atoms with Crippen molar-refractivity contribution in [2.45, 2.75) is 77.9 Å². The lowest BCUT2D eigenvalue weighted by atomic mass is 9.93. The highest BCUT2D eigenvalue weighted by molar-refractivity contribution is 5.81. The van der Waals surface area contributed by atoms with Gasteiger partial charge in [-0.3, -0.25) is 4.79 Å². The number of aliphatic hydroxyl groups excluding tert-OH is 1. The highest BCUT2D eigenvalue weighted by atomic mass is 16.3. The van der Waals surface area contributed by atoms with Gasteiger partial charge in [0.15, 0.2) is 0 Å². The minimum Gasteiger partial charge on any atom is -0.396 e. The Kier molecular flexibility index (Phi) is 8.20. The molecule has 1 amide bonds. The fourth-order valence-corrected chi connectivity index (χ4v) is 2.06. The molecule has 18 heavy (non-hydrogen) atoms. The molecular formula is C14H30N2O2. The maximum Gasteiger partial charge on any atom is 0.237 e. The molecule has 0 fully saturated rings. The highest BCUT2D eigenvalue weighted by Crippen LogP contribution is 2.14. The van der Waals surface area contributed by atoms with E-state index in [1.165, 1.54) is 0 Å². The topological polar surface area (TPSA) is 61.4 Å². The van der Waals surface area contributed by atoms with Crippen LogP contribution in [0, 0.1) is 0 Å². The van der Waals surface area contributed by atoms with E-state index in [-0.39, 0.29) is 30.1 Å². The van der Waals surface area contributed by atoms with Crippen LogP contribution >= 0.6 is 0 Å². The summed E-state index contributed by atoms with van der Waals surface area (Å²) in [5.74, 6) is 0.0357. The molecule has 0 spiro atoms. The van der Waals surface area contributed by atoms with Crippen LogP contribution < -0.4 is 10.6 Å². The summed E-state index contributed by atoms with van der Waals surface area (Å²) in [4.78, 5) is 12.0. The van der Waals surface area contributed by atoms with Gasteiger partial charge in [-0.15, -0.1) is 0 Å². The third-order valence-electron chi connectivity index (χ3n) is 3.51. The molecular weight excluding hydrogens is 228 g/mol. The van der Waals surface area contributed by atoms with Crippen molar-refractivity contribution in [1.82, 2.24) is 10.6 Å². The Hall–Kier alpha value is -0.610. The second-order valence-electron chi connectivity index (χ2n) is 5.45. The van der Waals surface area contributed by atoms with Crippen molar-refractivity contribution < 1.29 is 9.90 Å². The van der Waals surface area contributed by atoms with Gasteiger partial charge in [-0.2, -0.15) is 0 Å². The third-order valence-corrected chi connectivity index (χ3v) is 3.51. The second kappa shape index (κ2) is 8.48. The zero-order valence-corrected chi connectivity index (χ0v) is 12.5. The third kappa shape index (κ3) is 6.36. The summed E-state index contributed by atoms with van der Waals surface area (Å²) in [6, 6.07) is -0.0155. The van der Waals surface area contributed by atoms with Crippen LogP contribution in [0.3, 0.4) is 0 Å². The number of carbonyl (C=O) groups is 1. The van der Waals surface area contributed by atoms with E-state index in [1.807, 2.05) is 20.8 Å². The quantitative estimate of drug-likeness (QED) is 0.591. The molecule has 0 aliphatic rings. The van der Waals surface area contributed by atoms with Crippen LogP contribution in [-0.2, 0) is 4.79 Å². The number of aliphatic hydroxyl groups is 1. The van der Waals surface area contributed by atoms with Gasteiger partial charge in [0.25, 0.3) is 0 Å². The van der Waals surface area contributed by atoms with Crippen molar-refractivity contribution in [3.8, 4) is 0 Å². The van der Waals surface area contributed by atoms with Crippen molar-refractivity contribution in [2.24, 2.45) is 0 Å². The molecule has 0 bridgehead atoms. The van der Waals surface area contributed by atoms with Gasteiger partial charge in [-0.1, -0.05) is 20.3 Å². The van der Waals surface area contributed by atoms with Crippen molar-refractivity contribution >= 4 is 5.91 Å². The maximum atomic E-state index is 12.0. The van der Waals surface area contributed by atoms with E-state index < -0.39 is 0 Å². The predicted molar refractivity (Wildman–Crippen MR) is 75.5 cm³/mol. The molecule has 0 aromatic carbocycles. The summed E-state index contributed by atoms with van der Waals surface area (Å²) < 4.78 is 0. The van der Waals surface area contributed by atoms with Gasteiger partial charge in [0.05, 0.1) is 6.04 Å². The van der Waals surface area contributed by atoms with Gasteiger partial charge in [0.1, 0.15) is 0 Å². The van der Waals surface area contributed by atoms with Gasteiger partial charge in [0.2, 0.25) is 5.91 Å². The van der Waals surface area contributed by atoms with Crippen molar-refractivity contribution in [3.63, 3.8) is 0 Å². The molecule has 0 aliphatic carbocycles. The minimum absolute atomic E-state index is 0.0357. The summed E-state index contributed by atoms with van der Waals surface area (Å²) in [6.07, 6.45) is 3.61. The number of amides is 1. The number of rotatable bonds is 9. The molecule has 4 nitrogen and oxygen atoms in total. The Bertz CT molecular complexity index is 246. The first-order chi connectivity index (χ1) is 8.38. The summed E-state index contributed by atoms with van der Waals surface area (Å²) in [7, 11) is 0. The molecule has 3 unspecified atom stereocenters. The Balaban J connectivity index is 4.29. The summed E-state index contributed by atoms with van der Waals surface area (Å²) in [5.41, 5.74) is -0.181. The molecule has 0 radical (unpaired) electrons. The standard InChI is InChI=1S/C14H30N2O2/c1-6-8-11(3)15-13(18)12(4)16-14(5,7-2)9-10-17/h11-12,16-17H,6-10H2,1-5H3,(H,15,18). The number of carbonyl (C=O) groups excluding carboxylic acids is 1. The molecule has 0 aliphatic heterocycles. The normalized spacial score (nSPS) is 17.9. The molecule has 3 atom stereocenters. The lowest BCUT2D eigenvalue weighted by molar-refractivity contribution is -0.124. The van der Waals surface area contributed by atoms with E-state index in [2.05, 4.69) is 24.5 Å². The first-order valence-electron chi connectivity index (χ1n) is 7.07. The van der Waals surface area contributed by atoms with Crippen molar-refractivity contribution in [2.75, 3.05) is 6.61 Å². The smallest absolute Gasteiger partial charge is 0.237 e. The predicted octanol–water partition coefficient (Wildman–Crippen LogP) is 1.82. The average molecular weight is 258 g/mol. The van der Waals surface area contributed by atoms with Gasteiger partial charge >= 0.3 is 0 Å². The van der Waals surface area contributed by atoms with Crippen LogP contribution in [0.4, 0.5) is 0 Å².